The molecule has 0 aliphatic rings. The van der Waals surface area contributed by atoms with Crippen molar-refractivity contribution >= 4 is 17.3 Å². The van der Waals surface area contributed by atoms with Gasteiger partial charge in [0, 0.05) is 37.0 Å². The molecule has 0 atom stereocenters. The topological polar surface area (TPSA) is 114 Å². The maximum atomic E-state index is 11.9. The highest BCUT2D eigenvalue weighted by Gasteiger charge is 2.16. The zero-order valence-electron chi connectivity index (χ0n) is 13.2. The maximum Gasteiger partial charge on any atom is 0.270 e. The SMILES string of the molecule is CNC(=O)c1cc([N+](=O)[O-])ccc1NCc1cccc(OC)c1O. The van der Waals surface area contributed by atoms with Crippen LogP contribution in [-0.4, -0.2) is 30.1 Å². The first-order chi connectivity index (χ1) is 11.5. The number of non-ortho nitro benzene ring substituents is 1. The molecule has 0 saturated carbocycles. The number of hydrogen-bond acceptors (Lipinski definition) is 6. The third-order valence-electron chi connectivity index (χ3n) is 3.46. The maximum absolute atomic E-state index is 11.9. The van der Waals surface area contributed by atoms with E-state index in [2.05, 4.69) is 10.6 Å². The van der Waals surface area contributed by atoms with E-state index < -0.39 is 10.8 Å². The average molecular weight is 331 g/mol. The lowest BCUT2D eigenvalue weighted by molar-refractivity contribution is -0.384. The monoisotopic (exact) mass is 331 g/mol. The van der Waals surface area contributed by atoms with Crippen LogP contribution in [0, 0.1) is 10.1 Å². The summed E-state index contributed by atoms with van der Waals surface area (Å²) >= 11 is 0. The van der Waals surface area contributed by atoms with Gasteiger partial charge in [-0.3, -0.25) is 14.9 Å². The zero-order chi connectivity index (χ0) is 17.7. The molecular formula is C16H17N3O5. The van der Waals surface area contributed by atoms with Crippen molar-refractivity contribution in [2.75, 3.05) is 19.5 Å². The van der Waals surface area contributed by atoms with Crippen LogP contribution in [0.4, 0.5) is 11.4 Å². The van der Waals surface area contributed by atoms with E-state index >= 15 is 0 Å². The number of nitro groups is 1. The van der Waals surface area contributed by atoms with Crippen LogP contribution >= 0.6 is 0 Å². The molecule has 0 spiro atoms. The normalized spacial score (nSPS) is 10.1. The average Bonchev–Trinajstić information content (AvgIpc) is 2.60. The van der Waals surface area contributed by atoms with Gasteiger partial charge < -0.3 is 20.5 Å². The Balaban J connectivity index is 2.29. The number of aromatic hydroxyl groups is 1. The number of nitro benzene ring substituents is 1. The molecule has 24 heavy (non-hydrogen) atoms. The molecule has 0 radical (unpaired) electrons. The van der Waals surface area contributed by atoms with Crippen LogP contribution in [0.15, 0.2) is 36.4 Å². The molecule has 2 aromatic rings. The number of anilines is 1. The minimum atomic E-state index is -0.565. The summed E-state index contributed by atoms with van der Waals surface area (Å²) in [5.74, 6) is -0.114. The number of carbonyl (C=O) groups is 1. The molecule has 0 aliphatic carbocycles. The number of phenolic OH excluding ortho intramolecular Hbond substituents is 1. The highest BCUT2D eigenvalue weighted by atomic mass is 16.6. The summed E-state index contributed by atoms with van der Waals surface area (Å²) in [6, 6.07) is 9.02. The lowest BCUT2D eigenvalue weighted by Crippen LogP contribution is -2.20. The van der Waals surface area contributed by atoms with Crippen molar-refractivity contribution in [3.63, 3.8) is 0 Å². The van der Waals surface area contributed by atoms with Crippen LogP contribution in [0.25, 0.3) is 0 Å². The fourth-order valence-corrected chi connectivity index (χ4v) is 2.19. The third-order valence-corrected chi connectivity index (χ3v) is 3.46. The largest absolute Gasteiger partial charge is 0.504 e. The highest BCUT2D eigenvalue weighted by molar-refractivity contribution is 6.00. The van der Waals surface area contributed by atoms with Crippen LogP contribution in [-0.2, 0) is 6.54 Å². The van der Waals surface area contributed by atoms with Gasteiger partial charge in [0.05, 0.1) is 17.6 Å². The van der Waals surface area contributed by atoms with Gasteiger partial charge >= 0.3 is 0 Å². The van der Waals surface area contributed by atoms with E-state index in [4.69, 9.17) is 4.74 Å². The first-order valence-electron chi connectivity index (χ1n) is 7.07. The summed E-state index contributed by atoms with van der Waals surface area (Å²) in [6.45, 7) is 0.213. The van der Waals surface area contributed by atoms with E-state index in [-0.39, 0.29) is 23.5 Å². The second-order valence-electron chi connectivity index (χ2n) is 4.89. The molecule has 8 nitrogen and oxygen atoms in total. The zero-order valence-corrected chi connectivity index (χ0v) is 13.2. The van der Waals surface area contributed by atoms with Crippen LogP contribution in [0.3, 0.4) is 0 Å². The summed E-state index contributed by atoms with van der Waals surface area (Å²) < 4.78 is 5.04. The Morgan fingerprint density at radius 1 is 1.33 bits per heavy atom. The second-order valence-corrected chi connectivity index (χ2v) is 4.89. The van der Waals surface area contributed by atoms with Crippen LogP contribution < -0.4 is 15.4 Å². The molecule has 0 aromatic heterocycles. The fraction of sp³-hybridized carbons (Fsp3) is 0.188. The van der Waals surface area contributed by atoms with E-state index in [0.717, 1.165) is 0 Å². The summed E-state index contributed by atoms with van der Waals surface area (Å²) in [5, 5.41) is 26.4. The summed E-state index contributed by atoms with van der Waals surface area (Å²) in [4.78, 5) is 22.3. The van der Waals surface area contributed by atoms with Crippen molar-refractivity contribution < 1.29 is 19.6 Å². The number of benzene rings is 2. The molecule has 0 unspecified atom stereocenters. The van der Waals surface area contributed by atoms with Gasteiger partial charge in [-0.25, -0.2) is 0 Å². The van der Waals surface area contributed by atoms with E-state index in [1.807, 2.05) is 0 Å². The van der Waals surface area contributed by atoms with Gasteiger partial charge in [0.15, 0.2) is 11.5 Å². The van der Waals surface area contributed by atoms with Crippen molar-refractivity contribution in [1.82, 2.24) is 5.32 Å². The number of ether oxygens (including phenoxy) is 1. The number of rotatable bonds is 6. The molecule has 0 fully saturated rings. The van der Waals surface area contributed by atoms with E-state index in [1.54, 1.807) is 18.2 Å². The van der Waals surface area contributed by atoms with Crippen molar-refractivity contribution in [2.24, 2.45) is 0 Å². The van der Waals surface area contributed by atoms with Gasteiger partial charge in [0.25, 0.3) is 11.6 Å². The van der Waals surface area contributed by atoms with E-state index in [0.29, 0.717) is 17.0 Å². The minimum Gasteiger partial charge on any atom is -0.504 e. The second kappa shape index (κ2) is 7.32. The predicted octanol–water partition coefficient (Wildman–Crippen LogP) is 2.28. The lowest BCUT2D eigenvalue weighted by atomic mass is 10.1. The van der Waals surface area contributed by atoms with Gasteiger partial charge in [-0.15, -0.1) is 0 Å². The van der Waals surface area contributed by atoms with Crippen molar-refractivity contribution in [3.05, 3.63) is 57.6 Å². The fourth-order valence-electron chi connectivity index (χ4n) is 2.19. The van der Waals surface area contributed by atoms with Gasteiger partial charge in [-0.05, 0) is 12.1 Å². The summed E-state index contributed by atoms with van der Waals surface area (Å²) in [5.41, 5.74) is 0.954. The van der Waals surface area contributed by atoms with Crippen LogP contribution in [0.1, 0.15) is 15.9 Å². The van der Waals surface area contributed by atoms with Gasteiger partial charge in [-0.2, -0.15) is 0 Å². The molecule has 3 N–H and O–H groups in total. The van der Waals surface area contributed by atoms with Crippen LogP contribution in [0.2, 0.25) is 0 Å². The standard InChI is InChI=1S/C16H17N3O5/c1-17-16(21)12-8-11(19(22)23)6-7-13(12)18-9-10-4-3-5-14(24-2)15(10)20/h3-8,18,20H,9H2,1-2H3,(H,17,21). The smallest absolute Gasteiger partial charge is 0.270 e. The van der Waals surface area contributed by atoms with Crippen LogP contribution in [0.5, 0.6) is 11.5 Å². The number of nitrogens with one attached hydrogen (secondary N) is 2. The Labute approximate surface area is 138 Å². The molecule has 0 saturated heterocycles. The number of methoxy groups -OCH3 is 1. The minimum absolute atomic E-state index is 0.00379. The molecule has 2 aromatic carbocycles. The predicted molar refractivity (Wildman–Crippen MR) is 88.5 cm³/mol. The Bertz CT molecular complexity index is 776. The Morgan fingerprint density at radius 3 is 2.71 bits per heavy atom. The van der Waals surface area contributed by atoms with Gasteiger partial charge in [-0.1, -0.05) is 12.1 Å². The summed E-state index contributed by atoms with van der Waals surface area (Å²) in [6.07, 6.45) is 0. The van der Waals surface area contributed by atoms with Gasteiger partial charge in [0.1, 0.15) is 0 Å². The van der Waals surface area contributed by atoms with Crippen molar-refractivity contribution in [2.45, 2.75) is 6.54 Å². The number of phenols is 1. The molecule has 1 amide bonds. The van der Waals surface area contributed by atoms with E-state index in [1.165, 1.54) is 32.4 Å². The molecule has 8 heteroatoms. The molecule has 0 heterocycles. The number of para-hydroxylation sites is 1. The molecule has 2 rings (SSSR count). The Kier molecular flexibility index (Phi) is 5.20. The lowest BCUT2D eigenvalue weighted by Gasteiger charge is -2.13. The molecule has 0 bridgehead atoms. The Morgan fingerprint density at radius 2 is 2.08 bits per heavy atom. The molecular weight excluding hydrogens is 314 g/mol. The number of amides is 1. The van der Waals surface area contributed by atoms with Crippen molar-refractivity contribution in [1.29, 1.82) is 0 Å². The van der Waals surface area contributed by atoms with E-state index in [9.17, 15) is 20.0 Å². The van der Waals surface area contributed by atoms with Crippen molar-refractivity contribution in [3.8, 4) is 11.5 Å². The third kappa shape index (κ3) is 3.54. The number of nitrogens with zero attached hydrogens (tertiary/aromatic N) is 1. The molecule has 126 valence electrons. The molecule has 0 aliphatic heterocycles. The Hall–Kier alpha value is -3.29. The first kappa shape index (κ1) is 17.1. The highest BCUT2D eigenvalue weighted by Crippen LogP contribution is 2.30. The number of carbonyl (C=O) groups excluding carboxylic acids is 1. The quantitative estimate of drug-likeness (QED) is 0.553. The summed E-state index contributed by atoms with van der Waals surface area (Å²) in [7, 11) is 2.89. The number of hydrogen-bond donors (Lipinski definition) is 3. The van der Waals surface area contributed by atoms with Gasteiger partial charge in [0.2, 0.25) is 0 Å². The first-order valence-corrected chi connectivity index (χ1v) is 7.07.